The van der Waals surface area contributed by atoms with Crippen LogP contribution in [0.1, 0.15) is 25.6 Å². The molecule has 2 rings (SSSR count). The number of aromatic nitrogens is 2. The standard InChI is InChI=1S/C12H14F3N3S/c1-2-3-5-16-10-8-4-6-19-11(8)18-9(17-10)7-12(13,14)15/h4,6H,2-3,5,7H2,1H3,(H,16,17,18). The smallest absolute Gasteiger partial charge is 0.369 e. The first-order chi connectivity index (χ1) is 8.99. The third-order valence-electron chi connectivity index (χ3n) is 2.55. The van der Waals surface area contributed by atoms with Crippen LogP contribution in [0.4, 0.5) is 19.0 Å². The second-order valence-corrected chi connectivity index (χ2v) is 5.09. The summed E-state index contributed by atoms with van der Waals surface area (Å²) in [4.78, 5) is 8.54. The molecule has 2 heterocycles. The highest BCUT2D eigenvalue weighted by Gasteiger charge is 2.30. The van der Waals surface area contributed by atoms with Crippen molar-refractivity contribution in [3.8, 4) is 0 Å². The average Bonchev–Trinajstić information content (AvgIpc) is 2.75. The van der Waals surface area contributed by atoms with Crippen LogP contribution in [-0.2, 0) is 6.42 Å². The molecule has 0 aliphatic carbocycles. The Morgan fingerprint density at radius 3 is 2.79 bits per heavy atom. The lowest BCUT2D eigenvalue weighted by atomic mass is 10.3. The molecule has 0 radical (unpaired) electrons. The van der Waals surface area contributed by atoms with Gasteiger partial charge in [-0.1, -0.05) is 13.3 Å². The summed E-state index contributed by atoms with van der Waals surface area (Å²) in [7, 11) is 0. The Bertz CT molecular complexity index is 551. The van der Waals surface area contributed by atoms with Gasteiger partial charge in [0.2, 0.25) is 0 Å². The highest BCUT2D eigenvalue weighted by atomic mass is 32.1. The van der Waals surface area contributed by atoms with Crippen LogP contribution in [0.5, 0.6) is 0 Å². The van der Waals surface area contributed by atoms with E-state index in [-0.39, 0.29) is 5.82 Å². The predicted octanol–water partition coefficient (Wildman–Crippen LogP) is 4.01. The normalized spacial score (nSPS) is 12.0. The van der Waals surface area contributed by atoms with E-state index in [2.05, 4.69) is 22.2 Å². The molecule has 2 aromatic rings. The van der Waals surface area contributed by atoms with Crippen molar-refractivity contribution in [3.05, 3.63) is 17.3 Å². The average molecular weight is 289 g/mol. The van der Waals surface area contributed by atoms with Crippen LogP contribution in [0.15, 0.2) is 11.4 Å². The van der Waals surface area contributed by atoms with E-state index in [4.69, 9.17) is 0 Å². The minimum atomic E-state index is -4.29. The summed E-state index contributed by atoms with van der Waals surface area (Å²) in [6.07, 6.45) is -3.42. The maximum atomic E-state index is 12.4. The molecule has 0 amide bonds. The molecular formula is C12H14F3N3S. The monoisotopic (exact) mass is 289 g/mol. The topological polar surface area (TPSA) is 37.8 Å². The Morgan fingerprint density at radius 2 is 2.11 bits per heavy atom. The Kier molecular flexibility index (Phi) is 4.24. The number of rotatable bonds is 5. The molecule has 1 N–H and O–H groups in total. The second kappa shape index (κ2) is 5.73. The lowest BCUT2D eigenvalue weighted by Crippen LogP contribution is -2.15. The van der Waals surface area contributed by atoms with E-state index in [0.29, 0.717) is 17.2 Å². The van der Waals surface area contributed by atoms with Gasteiger partial charge in [0.05, 0.1) is 5.39 Å². The van der Waals surface area contributed by atoms with E-state index < -0.39 is 12.6 Å². The number of fused-ring (bicyclic) bond motifs is 1. The van der Waals surface area contributed by atoms with Gasteiger partial charge in [-0.2, -0.15) is 13.2 Å². The molecule has 0 fully saturated rings. The van der Waals surface area contributed by atoms with Crippen molar-refractivity contribution in [2.45, 2.75) is 32.4 Å². The molecular weight excluding hydrogens is 275 g/mol. The zero-order chi connectivity index (χ0) is 13.9. The lowest BCUT2D eigenvalue weighted by molar-refractivity contribution is -0.128. The van der Waals surface area contributed by atoms with Crippen molar-refractivity contribution in [2.75, 3.05) is 11.9 Å². The quantitative estimate of drug-likeness (QED) is 0.845. The number of nitrogens with zero attached hydrogens (tertiary/aromatic N) is 2. The SMILES string of the molecule is CCCCNc1nc(CC(F)(F)F)nc2sccc12. The van der Waals surface area contributed by atoms with E-state index in [0.717, 1.165) is 18.2 Å². The minimum Gasteiger partial charge on any atom is -0.369 e. The molecule has 7 heteroatoms. The fraction of sp³-hybridized carbons (Fsp3) is 0.500. The van der Waals surface area contributed by atoms with Gasteiger partial charge in [-0.05, 0) is 17.9 Å². The molecule has 0 aliphatic rings. The summed E-state index contributed by atoms with van der Waals surface area (Å²) in [5, 5.41) is 5.68. The van der Waals surface area contributed by atoms with E-state index in [1.54, 1.807) is 0 Å². The lowest BCUT2D eigenvalue weighted by Gasteiger charge is -2.09. The summed E-state index contributed by atoms with van der Waals surface area (Å²) < 4.78 is 37.2. The first-order valence-electron chi connectivity index (χ1n) is 6.04. The van der Waals surface area contributed by atoms with Crippen molar-refractivity contribution in [1.82, 2.24) is 9.97 Å². The Hall–Kier alpha value is -1.37. The first-order valence-corrected chi connectivity index (χ1v) is 6.92. The van der Waals surface area contributed by atoms with Crippen LogP contribution in [0.3, 0.4) is 0 Å². The van der Waals surface area contributed by atoms with Crippen LogP contribution < -0.4 is 5.32 Å². The van der Waals surface area contributed by atoms with Crippen molar-refractivity contribution in [3.63, 3.8) is 0 Å². The molecule has 104 valence electrons. The number of halogens is 3. The van der Waals surface area contributed by atoms with E-state index in [1.807, 2.05) is 11.4 Å². The van der Waals surface area contributed by atoms with Crippen LogP contribution in [0.2, 0.25) is 0 Å². The van der Waals surface area contributed by atoms with Gasteiger partial charge in [0.1, 0.15) is 22.9 Å². The molecule has 19 heavy (non-hydrogen) atoms. The summed E-state index contributed by atoms with van der Waals surface area (Å²) >= 11 is 1.32. The molecule has 0 atom stereocenters. The van der Waals surface area contributed by atoms with Gasteiger partial charge in [0.25, 0.3) is 0 Å². The zero-order valence-corrected chi connectivity index (χ0v) is 11.2. The van der Waals surface area contributed by atoms with Crippen molar-refractivity contribution in [1.29, 1.82) is 0 Å². The molecule has 0 aromatic carbocycles. The maximum Gasteiger partial charge on any atom is 0.396 e. The Labute approximate surface area is 112 Å². The fourth-order valence-corrected chi connectivity index (χ4v) is 2.46. The fourth-order valence-electron chi connectivity index (χ4n) is 1.68. The zero-order valence-electron chi connectivity index (χ0n) is 10.4. The Morgan fingerprint density at radius 1 is 1.32 bits per heavy atom. The number of nitrogens with one attached hydrogen (secondary N) is 1. The van der Waals surface area contributed by atoms with Gasteiger partial charge in [-0.3, -0.25) is 0 Å². The molecule has 0 unspecified atom stereocenters. The van der Waals surface area contributed by atoms with Gasteiger partial charge >= 0.3 is 6.18 Å². The minimum absolute atomic E-state index is 0.179. The number of anilines is 1. The Balaban J connectivity index is 2.28. The molecule has 0 saturated heterocycles. The van der Waals surface area contributed by atoms with E-state index in [1.165, 1.54) is 11.3 Å². The van der Waals surface area contributed by atoms with Gasteiger partial charge in [-0.25, -0.2) is 9.97 Å². The van der Waals surface area contributed by atoms with Gasteiger partial charge in [-0.15, -0.1) is 11.3 Å². The number of alkyl halides is 3. The van der Waals surface area contributed by atoms with Crippen LogP contribution in [0, 0.1) is 0 Å². The van der Waals surface area contributed by atoms with Gasteiger partial charge in [0, 0.05) is 6.54 Å². The van der Waals surface area contributed by atoms with Gasteiger partial charge < -0.3 is 5.32 Å². The number of thiophene rings is 1. The summed E-state index contributed by atoms with van der Waals surface area (Å²) in [6.45, 7) is 2.75. The van der Waals surface area contributed by atoms with Crippen molar-refractivity contribution >= 4 is 27.4 Å². The van der Waals surface area contributed by atoms with Crippen molar-refractivity contribution < 1.29 is 13.2 Å². The van der Waals surface area contributed by atoms with Crippen LogP contribution >= 0.6 is 11.3 Å². The van der Waals surface area contributed by atoms with Crippen molar-refractivity contribution in [2.24, 2.45) is 0 Å². The molecule has 0 saturated carbocycles. The molecule has 0 aliphatic heterocycles. The largest absolute Gasteiger partial charge is 0.396 e. The number of unbranched alkanes of at least 4 members (excludes halogenated alkanes) is 1. The van der Waals surface area contributed by atoms with Crippen LogP contribution in [0.25, 0.3) is 10.2 Å². The molecule has 0 bridgehead atoms. The summed E-state index contributed by atoms with van der Waals surface area (Å²) in [5.74, 6) is 0.320. The number of hydrogen-bond acceptors (Lipinski definition) is 4. The predicted molar refractivity (Wildman–Crippen MR) is 70.6 cm³/mol. The first kappa shape index (κ1) is 14.0. The number of hydrogen-bond donors (Lipinski definition) is 1. The summed E-state index contributed by atoms with van der Waals surface area (Å²) in [5.41, 5.74) is 0. The third kappa shape index (κ3) is 3.79. The maximum absolute atomic E-state index is 12.4. The highest BCUT2D eigenvalue weighted by molar-refractivity contribution is 7.16. The van der Waals surface area contributed by atoms with Crippen LogP contribution in [-0.4, -0.2) is 22.7 Å². The van der Waals surface area contributed by atoms with E-state index in [9.17, 15) is 13.2 Å². The molecule has 0 spiro atoms. The second-order valence-electron chi connectivity index (χ2n) is 4.20. The third-order valence-corrected chi connectivity index (χ3v) is 3.36. The van der Waals surface area contributed by atoms with E-state index >= 15 is 0 Å². The molecule has 2 aromatic heterocycles. The molecule has 3 nitrogen and oxygen atoms in total. The summed E-state index contributed by atoms with van der Waals surface area (Å²) in [6, 6.07) is 1.83. The van der Waals surface area contributed by atoms with Gasteiger partial charge in [0.15, 0.2) is 0 Å². The highest BCUT2D eigenvalue weighted by Crippen LogP contribution is 2.27.